The summed E-state index contributed by atoms with van der Waals surface area (Å²) in [6.07, 6.45) is 8.69. The molecule has 8 heteroatoms. The Hall–Kier alpha value is -2.47. The first-order valence-corrected chi connectivity index (χ1v) is 11.9. The van der Waals surface area contributed by atoms with Gasteiger partial charge < -0.3 is 20.1 Å². The van der Waals surface area contributed by atoms with E-state index in [0.29, 0.717) is 35.7 Å². The molecule has 0 bridgehead atoms. The van der Waals surface area contributed by atoms with Crippen LogP contribution in [-0.2, 0) is 9.47 Å². The molecule has 1 atom stereocenters. The van der Waals surface area contributed by atoms with E-state index in [2.05, 4.69) is 45.7 Å². The van der Waals surface area contributed by atoms with E-state index in [1.807, 2.05) is 6.07 Å². The lowest BCUT2D eigenvalue weighted by Gasteiger charge is -2.44. The van der Waals surface area contributed by atoms with E-state index in [-0.39, 0.29) is 18.0 Å². The first-order valence-electron chi connectivity index (χ1n) is 11.9. The topological polar surface area (TPSA) is 94.6 Å². The Morgan fingerprint density at radius 3 is 2.82 bits per heavy atom. The molecule has 176 valence electrons. The number of rotatable bonds is 7. The van der Waals surface area contributed by atoms with Crippen molar-refractivity contribution in [3.05, 3.63) is 23.5 Å². The molecule has 0 aromatic carbocycles. The Labute approximate surface area is 195 Å². The van der Waals surface area contributed by atoms with E-state index < -0.39 is 0 Å². The van der Waals surface area contributed by atoms with Crippen LogP contribution in [0.5, 0.6) is 5.75 Å². The van der Waals surface area contributed by atoms with Crippen LogP contribution < -0.4 is 10.6 Å². The number of hydrogen-bond acceptors (Lipinski definition) is 8. The molecule has 2 aliphatic heterocycles. The molecule has 0 radical (unpaired) electrons. The van der Waals surface area contributed by atoms with Gasteiger partial charge in [0.1, 0.15) is 17.2 Å². The first-order chi connectivity index (χ1) is 15.9. The maximum atomic E-state index is 6.11. The third kappa shape index (κ3) is 5.37. The molecule has 1 unspecified atom stereocenters. The lowest BCUT2D eigenvalue weighted by atomic mass is 9.81. The zero-order valence-electron chi connectivity index (χ0n) is 19.5. The molecule has 8 nitrogen and oxygen atoms in total. The molecule has 1 aromatic heterocycles. The highest BCUT2D eigenvalue weighted by Crippen LogP contribution is 2.41. The molecular weight excluding hydrogens is 418 g/mol. The summed E-state index contributed by atoms with van der Waals surface area (Å²) in [5.74, 6) is 12.8. The SMILES string of the molecule is CC1(C)CN(CC#Cc2cnc(/C(C=NCC3OCC4(CCC4)O3)=N/N)c(OC3CC3)c2)C1. The Morgan fingerprint density at radius 2 is 2.18 bits per heavy atom. The van der Waals surface area contributed by atoms with Crippen molar-refractivity contribution in [2.24, 2.45) is 21.4 Å². The monoisotopic (exact) mass is 451 g/mol. The Morgan fingerprint density at radius 1 is 1.36 bits per heavy atom. The van der Waals surface area contributed by atoms with Gasteiger partial charge in [-0.05, 0) is 43.6 Å². The van der Waals surface area contributed by atoms with Crippen LogP contribution in [0.2, 0.25) is 0 Å². The van der Waals surface area contributed by atoms with E-state index in [0.717, 1.165) is 50.9 Å². The van der Waals surface area contributed by atoms with Crippen molar-refractivity contribution in [3.63, 3.8) is 0 Å². The zero-order chi connectivity index (χ0) is 22.9. The second-order valence-corrected chi connectivity index (χ2v) is 10.4. The van der Waals surface area contributed by atoms with Crippen molar-refractivity contribution in [1.29, 1.82) is 0 Å². The number of hydrogen-bond donors (Lipinski definition) is 1. The molecule has 1 spiro atoms. The number of aromatic nitrogens is 1. The van der Waals surface area contributed by atoms with Crippen LogP contribution in [0.15, 0.2) is 22.4 Å². The molecule has 2 N–H and O–H groups in total. The summed E-state index contributed by atoms with van der Waals surface area (Å²) < 4.78 is 17.9. The van der Waals surface area contributed by atoms with Gasteiger partial charge >= 0.3 is 0 Å². The van der Waals surface area contributed by atoms with Crippen molar-refractivity contribution in [3.8, 4) is 17.6 Å². The fraction of sp³-hybridized carbons (Fsp3) is 0.640. The predicted molar refractivity (Wildman–Crippen MR) is 126 cm³/mol. The molecule has 5 rings (SSSR count). The van der Waals surface area contributed by atoms with Gasteiger partial charge in [0.2, 0.25) is 0 Å². The first kappa shape index (κ1) is 22.3. The van der Waals surface area contributed by atoms with Gasteiger partial charge in [0, 0.05) is 24.8 Å². The third-order valence-corrected chi connectivity index (χ3v) is 6.54. The highest BCUT2D eigenvalue weighted by atomic mass is 16.7. The summed E-state index contributed by atoms with van der Waals surface area (Å²) in [7, 11) is 0. The van der Waals surface area contributed by atoms with Gasteiger partial charge in [-0.3, -0.25) is 9.89 Å². The van der Waals surface area contributed by atoms with E-state index in [4.69, 9.17) is 20.1 Å². The summed E-state index contributed by atoms with van der Waals surface area (Å²) in [6, 6.07) is 1.93. The number of ether oxygens (including phenoxy) is 3. The number of aliphatic imine (C=N–C) groups is 1. The molecule has 4 aliphatic rings. The quantitative estimate of drug-likeness (QED) is 0.296. The third-order valence-electron chi connectivity index (χ3n) is 6.54. The maximum Gasteiger partial charge on any atom is 0.177 e. The zero-order valence-corrected chi connectivity index (χ0v) is 19.5. The molecule has 1 aromatic rings. The Bertz CT molecular complexity index is 993. The van der Waals surface area contributed by atoms with Gasteiger partial charge in [0.25, 0.3) is 0 Å². The Balaban J connectivity index is 1.23. The van der Waals surface area contributed by atoms with Crippen molar-refractivity contribution in [2.45, 2.75) is 63.9 Å². The van der Waals surface area contributed by atoms with Crippen molar-refractivity contribution in [1.82, 2.24) is 9.88 Å². The van der Waals surface area contributed by atoms with E-state index in [1.165, 1.54) is 6.42 Å². The van der Waals surface area contributed by atoms with Crippen LogP contribution in [0, 0.1) is 17.3 Å². The molecule has 2 saturated heterocycles. The maximum absolute atomic E-state index is 6.11. The highest BCUT2D eigenvalue weighted by molar-refractivity contribution is 6.38. The van der Waals surface area contributed by atoms with Crippen molar-refractivity contribution < 1.29 is 14.2 Å². The number of pyridine rings is 1. The molecule has 3 heterocycles. The summed E-state index contributed by atoms with van der Waals surface area (Å²) in [5.41, 5.74) is 2.20. The second-order valence-electron chi connectivity index (χ2n) is 10.4. The highest BCUT2D eigenvalue weighted by Gasteiger charge is 2.45. The van der Waals surface area contributed by atoms with E-state index in [9.17, 15) is 0 Å². The molecule has 2 aliphatic carbocycles. The fourth-order valence-electron chi connectivity index (χ4n) is 4.59. The largest absolute Gasteiger partial charge is 0.488 e. The second kappa shape index (κ2) is 9.05. The van der Waals surface area contributed by atoms with Crippen LogP contribution in [0.1, 0.15) is 57.2 Å². The smallest absolute Gasteiger partial charge is 0.177 e. The van der Waals surface area contributed by atoms with E-state index >= 15 is 0 Å². The van der Waals surface area contributed by atoms with Gasteiger partial charge in [0.15, 0.2) is 6.29 Å². The lowest BCUT2D eigenvalue weighted by molar-refractivity contribution is -0.110. The van der Waals surface area contributed by atoms with Crippen LogP contribution >= 0.6 is 0 Å². The minimum absolute atomic E-state index is 0.0689. The minimum Gasteiger partial charge on any atom is -0.488 e. The number of likely N-dealkylation sites (tertiary alicyclic amines) is 1. The molecule has 0 amide bonds. The van der Waals surface area contributed by atoms with Crippen molar-refractivity contribution >= 4 is 11.9 Å². The lowest BCUT2D eigenvalue weighted by Crippen LogP contribution is -2.52. The molecule has 2 saturated carbocycles. The minimum atomic E-state index is -0.314. The van der Waals surface area contributed by atoms with Gasteiger partial charge in [-0.1, -0.05) is 25.7 Å². The van der Waals surface area contributed by atoms with Crippen molar-refractivity contribution in [2.75, 3.05) is 32.8 Å². The van der Waals surface area contributed by atoms with Crippen LogP contribution in [0.3, 0.4) is 0 Å². The van der Waals surface area contributed by atoms with Gasteiger partial charge in [0.05, 0.1) is 37.6 Å². The number of nitrogens with zero attached hydrogens (tertiary/aromatic N) is 4. The Kier molecular flexibility index (Phi) is 6.12. The predicted octanol–water partition coefficient (Wildman–Crippen LogP) is 2.35. The standard InChI is InChI=1S/C25H33N5O3/c1-24(2)15-30(16-24)10-3-5-18-11-21(32-19-6-7-19)23(28-12-18)20(29-26)13-27-14-22-31-17-25(33-22)8-4-9-25/h11-13,19,22H,4,6-10,14-17,26H2,1-2H3/b27-13?,29-20+. The van der Waals surface area contributed by atoms with E-state index in [1.54, 1.807) is 12.4 Å². The average Bonchev–Trinajstić information content (AvgIpc) is 3.44. The normalized spacial score (nSPS) is 26.0. The summed E-state index contributed by atoms with van der Waals surface area (Å²) in [5, 5.41) is 3.91. The van der Waals surface area contributed by atoms with Crippen LogP contribution in [-0.4, -0.2) is 72.6 Å². The average molecular weight is 452 g/mol. The van der Waals surface area contributed by atoms with Gasteiger partial charge in [-0.2, -0.15) is 5.10 Å². The summed E-state index contributed by atoms with van der Waals surface area (Å²) >= 11 is 0. The summed E-state index contributed by atoms with van der Waals surface area (Å²) in [4.78, 5) is 11.4. The summed E-state index contributed by atoms with van der Waals surface area (Å²) in [6.45, 7) is 8.54. The van der Waals surface area contributed by atoms with Crippen LogP contribution in [0.4, 0.5) is 0 Å². The van der Waals surface area contributed by atoms with Crippen LogP contribution in [0.25, 0.3) is 0 Å². The van der Waals surface area contributed by atoms with Gasteiger partial charge in [-0.25, -0.2) is 4.98 Å². The molecule has 33 heavy (non-hydrogen) atoms. The molecule has 4 fully saturated rings. The van der Waals surface area contributed by atoms with Gasteiger partial charge in [-0.15, -0.1) is 0 Å². The molecular formula is C25H33N5O3. The number of nitrogens with two attached hydrogens (primary N) is 1. The fourth-order valence-corrected chi connectivity index (χ4v) is 4.59. The number of hydrazone groups is 1.